The second-order valence-electron chi connectivity index (χ2n) is 20.4. The molecule has 0 bridgehead atoms. The lowest BCUT2D eigenvalue weighted by atomic mass is 9.58. The van der Waals surface area contributed by atoms with Crippen molar-refractivity contribution in [2.24, 2.45) is 34.0 Å². The van der Waals surface area contributed by atoms with Gasteiger partial charge in [0.05, 0.1) is 87.6 Å². The zero-order valence-corrected chi connectivity index (χ0v) is 38.7. The third kappa shape index (κ3) is 17.0. The first kappa shape index (κ1) is 51.3. The van der Waals surface area contributed by atoms with E-state index >= 15 is 0 Å². The molecule has 0 saturated heterocycles. The van der Waals surface area contributed by atoms with Crippen LogP contribution in [0.4, 0.5) is 0 Å². The molecule has 1 atom stereocenters. The molecule has 0 N–H and O–H groups in total. The molecule has 1 fully saturated rings. The lowest BCUT2D eigenvalue weighted by Crippen LogP contribution is -2.53. The Labute approximate surface area is 334 Å². The molecule has 1 unspecified atom stereocenters. The average molecular weight is 771 g/mol. The van der Waals surface area contributed by atoms with Crippen molar-refractivity contribution in [3.8, 4) is 0 Å². The SMILES string of the molecule is C=COCC1CCC(COC(C)(C)CCOC(C)(C)C(C)(C)C(C)(C)CC(COCCOCCOC)OC(C)(C)C(C)(C)CCOC(C)(C)C(C)C)CC1. The van der Waals surface area contributed by atoms with Gasteiger partial charge in [-0.2, -0.15) is 0 Å². The summed E-state index contributed by atoms with van der Waals surface area (Å²) in [6.07, 6.45) is 8.77. The minimum atomic E-state index is -0.432. The van der Waals surface area contributed by atoms with E-state index in [0.717, 1.165) is 32.5 Å². The van der Waals surface area contributed by atoms with Gasteiger partial charge in [0.25, 0.3) is 0 Å². The lowest BCUT2D eigenvalue weighted by Gasteiger charge is -2.53. The first-order valence-electron chi connectivity index (χ1n) is 21.2. The van der Waals surface area contributed by atoms with Crippen molar-refractivity contribution in [2.75, 3.05) is 66.6 Å². The molecule has 8 heteroatoms. The molecule has 0 amide bonds. The minimum absolute atomic E-state index is 0.131. The quantitative estimate of drug-likeness (QED) is 0.0528. The number of ether oxygens (including phenoxy) is 8. The van der Waals surface area contributed by atoms with Crippen molar-refractivity contribution >= 4 is 0 Å². The van der Waals surface area contributed by atoms with Crippen molar-refractivity contribution in [3.05, 3.63) is 12.8 Å². The fourth-order valence-electron chi connectivity index (χ4n) is 6.88. The van der Waals surface area contributed by atoms with Gasteiger partial charge in [0.2, 0.25) is 0 Å². The summed E-state index contributed by atoms with van der Waals surface area (Å²) >= 11 is 0. The summed E-state index contributed by atoms with van der Waals surface area (Å²) in [5.41, 5.74) is -1.77. The van der Waals surface area contributed by atoms with Gasteiger partial charge in [0.1, 0.15) is 0 Å². The molecule has 8 nitrogen and oxygen atoms in total. The van der Waals surface area contributed by atoms with Gasteiger partial charge in [-0.15, -0.1) is 0 Å². The molecule has 0 aromatic rings. The van der Waals surface area contributed by atoms with E-state index in [1.807, 2.05) is 0 Å². The molecule has 0 heterocycles. The van der Waals surface area contributed by atoms with Gasteiger partial charge in [-0.3, -0.25) is 0 Å². The van der Waals surface area contributed by atoms with Crippen LogP contribution in [-0.4, -0.2) is 95.1 Å². The van der Waals surface area contributed by atoms with Crippen LogP contribution in [0.5, 0.6) is 0 Å². The summed E-state index contributed by atoms with van der Waals surface area (Å²) in [6.45, 7) is 45.4. The smallest absolute Gasteiger partial charge is 0.0901 e. The van der Waals surface area contributed by atoms with Crippen LogP contribution >= 0.6 is 0 Å². The Morgan fingerprint density at radius 1 is 0.611 bits per heavy atom. The molecular weight excluding hydrogens is 680 g/mol. The Bertz CT molecular complexity index is 1020. The van der Waals surface area contributed by atoms with E-state index < -0.39 is 11.2 Å². The van der Waals surface area contributed by atoms with E-state index in [0.29, 0.717) is 64.0 Å². The van der Waals surface area contributed by atoms with Crippen LogP contribution in [0.3, 0.4) is 0 Å². The lowest BCUT2D eigenvalue weighted by molar-refractivity contribution is -0.194. The van der Waals surface area contributed by atoms with E-state index in [4.69, 9.17) is 37.9 Å². The molecule has 0 radical (unpaired) electrons. The van der Waals surface area contributed by atoms with Crippen molar-refractivity contribution in [1.29, 1.82) is 0 Å². The highest BCUT2D eigenvalue weighted by molar-refractivity contribution is 5.00. The van der Waals surface area contributed by atoms with E-state index in [1.54, 1.807) is 13.4 Å². The Balaban J connectivity index is 2.95. The second-order valence-corrected chi connectivity index (χ2v) is 20.4. The number of rotatable bonds is 30. The summed E-state index contributed by atoms with van der Waals surface area (Å²) < 4.78 is 49.4. The molecule has 1 saturated carbocycles. The van der Waals surface area contributed by atoms with Crippen LogP contribution in [-0.2, 0) is 37.9 Å². The van der Waals surface area contributed by atoms with Crippen molar-refractivity contribution in [1.82, 2.24) is 0 Å². The molecule has 322 valence electrons. The van der Waals surface area contributed by atoms with Crippen LogP contribution in [0, 0.1) is 34.0 Å². The summed E-state index contributed by atoms with van der Waals surface area (Å²) in [7, 11) is 1.68. The number of hydrogen-bond acceptors (Lipinski definition) is 8. The van der Waals surface area contributed by atoms with Gasteiger partial charge in [0.15, 0.2) is 0 Å². The molecule has 0 aromatic carbocycles. The first-order chi connectivity index (χ1) is 24.8. The fraction of sp³-hybridized carbons (Fsp3) is 0.957. The van der Waals surface area contributed by atoms with Crippen molar-refractivity contribution < 1.29 is 37.9 Å². The number of hydrogen-bond donors (Lipinski definition) is 0. The highest BCUT2D eigenvalue weighted by Crippen LogP contribution is 2.52. The molecular formula is C46H90O8. The third-order valence-electron chi connectivity index (χ3n) is 14.0. The van der Waals surface area contributed by atoms with E-state index in [-0.39, 0.29) is 33.6 Å². The predicted molar refractivity (Wildman–Crippen MR) is 224 cm³/mol. The summed E-state index contributed by atoms with van der Waals surface area (Å²) in [6, 6.07) is 0. The summed E-state index contributed by atoms with van der Waals surface area (Å²) in [5, 5.41) is 0. The van der Waals surface area contributed by atoms with Crippen LogP contribution in [0.15, 0.2) is 12.8 Å². The minimum Gasteiger partial charge on any atom is -0.502 e. The normalized spacial score (nSPS) is 19.0. The van der Waals surface area contributed by atoms with Gasteiger partial charge in [-0.25, -0.2) is 0 Å². The van der Waals surface area contributed by atoms with Gasteiger partial charge < -0.3 is 37.9 Å². The molecule has 1 rings (SSSR count). The van der Waals surface area contributed by atoms with Gasteiger partial charge in [-0.1, -0.05) is 62.0 Å². The Kier molecular flexibility index (Phi) is 21.3. The molecule has 54 heavy (non-hydrogen) atoms. The van der Waals surface area contributed by atoms with E-state index in [1.165, 1.54) is 25.7 Å². The predicted octanol–water partition coefficient (Wildman–Crippen LogP) is 11.1. The third-order valence-corrected chi connectivity index (χ3v) is 14.0. The zero-order valence-electron chi connectivity index (χ0n) is 38.7. The highest BCUT2D eigenvalue weighted by Gasteiger charge is 2.51. The van der Waals surface area contributed by atoms with Crippen molar-refractivity contribution in [3.63, 3.8) is 0 Å². The monoisotopic (exact) mass is 771 g/mol. The first-order valence-corrected chi connectivity index (χ1v) is 21.2. The second kappa shape index (κ2) is 22.4. The zero-order chi connectivity index (χ0) is 41.5. The number of methoxy groups -OCH3 is 1. The highest BCUT2D eigenvalue weighted by atomic mass is 16.6. The topological polar surface area (TPSA) is 73.8 Å². The fourth-order valence-corrected chi connectivity index (χ4v) is 6.88. The standard InChI is InChI=1S/C46H90O8/c1-19-48-33-37-20-22-38(23-21-37)34-53-42(8,9)25-27-52-46(16,17)44(12,13)41(6,7)32-39(35-50-31-30-49-29-28-47-18)54-45(14,15)40(4,5)24-26-51-43(10,11)36(2)3/h19,36-39H,1,20-35H2,2-18H3. The Morgan fingerprint density at radius 3 is 1.70 bits per heavy atom. The average Bonchev–Trinajstić information content (AvgIpc) is 3.05. The Hall–Kier alpha value is -0.740. The maximum absolute atomic E-state index is 7.14. The largest absolute Gasteiger partial charge is 0.502 e. The Morgan fingerprint density at radius 2 is 1.15 bits per heavy atom. The van der Waals surface area contributed by atoms with Gasteiger partial charge in [0, 0.05) is 13.7 Å². The molecule has 0 aromatic heterocycles. The van der Waals surface area contributed by atoms with E-state index in [9.17, 15) is 0 Å². The van der Waals surface area contributed by atoms with E-state index in [2.05, 4.69) is 117 Å². The van der Waals surface area contributed by atoms with Crippen LogP contribution in [0.25, 0.3) is 0 Å². The molecule has 1 aliphatic rings. The summed E-state index contributed by atoms with van der Waals surface area (Å²) in [4.78, 5) is 0. The van der Waals surface area contributed by atoms with Crippen LogP contribution < -0.4 is 0 Å². The van der Waals surface area contributed by atoms with Gasteiger partial charge >= 0.3 is 0 Å². The molecule has 0 aliphatic heterocycles. The van der Waals surface area contributed by atoms with Crippen LogP contribution in [0.1, 0.15) is 156 Å². The molecule has 0 spiro atoms. The summed E-state index contributed by atoms with van der Waals surface area (Å²) in [5.74, 6) is 1.69. The molecule has 1 aliphatic carbocycles. The van der Waals surface area contributed by atoms with Gasteiger partial charge in [-0.05, 0) is 134 Å². The van der Waals surface area contributed by atoms with Crippen LogP contribution in [0.2, 0.25) is 0 Å². The maximum Gasteiger partial charge on any atom is 0.0901 e. The van der Waals surface area contributed by atoms with Crippen molar-refractivity contribution in [2.45, 2.75) is 184 Å². The maximum atomic E-state index is 7.14.